The van der Waals surface area contributed by atoms with Gasteiger partial charge in [0.25, 0.3) is 0 Å². The summed E-state index contributed by atoms with van der Waals surface area (Å²) in [6.07, 6.45) is -1.26. The number of benzene rings is 1. The zero-order valence-corrected chi connectivity index (χ0v) is 18.3. The van der Waals surface area contributed by atoms with Crippen LogP contribution in [-0.2, 0) is 6.18 Å². The van der Waals surface area contributed by atoms with E-state index in [0.717, 1.165) is 24.5 Å². The lowest BCUT2D eigenvalue weighted by Crippen LogP contribution is -2.45. The molecule has 2 aromatic heterocycles. The first-order chi connectivity index (χ1) is 15.9. The Balaban J connectivity index is 1.56. The summed E-state index contributed by atoms with van der Waals surface area (Å²) in [6, 6.07) is 11.5. The van der Waals surface area contributed by atoms with Crippen molar-refractivity contribution in [3.63, 3.8) is 0 Å². The SMILES string of the molecule is CCNC(=O)N1CCC(CNc2ncc(-c3ccccc3)c3nc(C(F)(F)F)ccc23)CC1. The Bertz CT molecular complexity index is 1110. The van der Waals surface area contributed by atoms with E-state index in [0.29, 0.717) is 48.9 Å². The van der Waals surface area contributed by atoms with Crippen LogP contribution in [0.4, 0.5) is 23.8 Å². The monoisotopic (exact) mass is 457 g/mol. The predicted molar refractivity (Wildman–Crippen MR) is 122 cm³/mol. The Morgan fingerprint density at radius 3 is 2.52 bits per heavy atom. The minimum Gasteiger partial charge on any atom is -0.369 e. The lowest BCUT2D eigenvalue weighted by atomic mass is 9.97. The third kappa shape index (κ3) is 5.18. The number of nitrogens with zero attached hydrogens (tertiary/aromatic N) is 3. The molecule has 1 aromatic carbocycles. The Morgan fingerprint density at radius 1 is 1.12 bits per heavy atom. The van der Waals surface area contributed by atoms with Gasteiger partial charge in [-0.3, -0.25) is 0 Å². The van der Waals surface area contributed by atoms with Crippen LogP contribution in [0.25, 0.3) is 22.0 Å². The molecule has 2 N–H and O–H groups in total. The van der Waals surface area contributed by atoms with E-state index in [1.54, 1.807) is 6.20 Å². The van der Waals surface area contributed by atoms with Gasteiger partial charge in [0.05, 0.1) is 5.52 Å². The second kappa shape index (κ2) is 9.64. The number of alkyl halides is 3. The standard InChI is InChI=1S/C24H26F3N5O/c1-2-28-23(33)32-12-10-16(11-13-32)14-29-22-18-8-9-20(24(25,26)27)31-21(18)19(15-30-22)17-6-4-3-5-7-17/h3-9,15-16H,2,10-14H2,1H3,(H,28,33)(H,29,30). The molecule has 9 heteroatoms. The number of piperidine rings is 1. The van der Waals surface area contributed by atoms with Gasteiger partial charge >= 0.3 is 12.2 Å². The van der Waals surface area contributed by atoms with Gasteiger partial charge in [-0.15, -0.1) is 0 Å². The third-order valence-electron chi connectivity index (χ3n) is 5.89. The fourth-order valence-corrected chi connectivity index (χ4v) is 4.09. The number of rotatable bonds is 5. The summed E-state index contributed by atoms with van der Waals surface area (Å²) in [5.41, 5.74) is 0.644. The van der Waals surface area contributed by atoms with Crippen molar-refractivity contribution in [3.05, 3.63) is 54.4 Å². The fourth-order valence-electron chi connectivity index (χ4n) is 4.09. The number of hydrogen-bond acceptors (Lipinski definition) is 4. The van der Waals surface area contributed by atoms with Gasteiger partial charge in [-0.25, -0.2) is 14.8 Å². The lowest BCUT2D eigenvalue weighted by molar-refractivity contribution is -0.140. The van der Waals surface area contributed by atoms with Gasteiger partial charge in [0, 0.05) is 43.3 Å². The fraction of sp³-hybridized carbons (Fsp3) is 0.375. The summed E-state index contributed by atoms with van der Waals surface area (Å²) in [5, 5.41) is 6.67. The number of urea groups is 1. The molecule has 0 bridgehead atoms. The molecular weight excluding hydrogens is 431 g/mol. The average molecular weight is 458 g/mol. The molecule has 4 rings (SSSR count). The van der Waals surface area contributed by atoms with Crippen molar-refractivity contribution >= 4 is 22.8 Å². The Kier molecular flexibility index (Phi) is 6.67. The van der Waals surface area contributed by atoms with Crippen LogP contribution >= 0.6 is 0 Å². The first-order valence-electron chi connectivity index (χ1n) is 11.1. The largest absolute Gasteiger partial charge is 0.433 e. The molecule has 0 radical (unpaired) electrons. The zero-order chi connectivity index (χ0) is 23.4. The van der Waals surface area contributed by atoms with Gasteiger partial charge in [-0.1, -0.05) is 30.3 Å². The number of aromatic nitrogens is 2. The Hall–Kier alpha value is -3.36. The van der Waals surface area contributed by atoms with Crippen molar-refractivity contribution in [2.24, 2.45) is 5.92 Å². The van der Waals surface area contributed by atoms with Crippen LogP contribution in [0, 0.1) is 5.92 Å². The normalized spacial score (nSPS) is 15.0. The predicted octanol–water partition coefficient (Wildman–Crippen LogP) is 5.17. The Labute approximate surface area is 190 Å². The molecule has 0 saturated carbocycles. The highest BCUT2D eigenvalue weighted by molar-refractivity contribution is 5.99. The van der Waals surface area contributed by atoms with Crippen molar-refractivity contribution in [1.29, 1.82) is 0 Å². The van der Waals surface area contributed by atoms with E-state index in [2.05, 4.69) is 20.6 Å². The van der Waals surface area contributed by atoms with Gasteiger partial charge < -0.3 is 15.5 Å². The second-order valence-electron chi connectivity index (χ2n) is 8.12. The Morgan fingerprint density at radius 2 is 1.85 bits per heavy atom. The molecule has 0 aliphatic carbocycles. The molecular formula is C24H26F3N5O. The number of carbonyl (C=O) groups excluding carboxylic acids is 1. The first kappa shape index (κ1) is 22.8. The van der Waals surface area contributed by atoms with E-state index in [1.165, 1.54) is 6.07 Å². The quantitative estimate of drug-likeness (QED) is 0.555. The average Bonchev–Trinajstić information content (AvgIpc) is 2.82. The van der Waals surface area contributed by atoms with Gasteiger partial charge in [0.1, 0.15) is 11.5 Å². The molecule has 3 heterocycles. The number of likely N-dealkylation sites (tertiary alicyclic amines) is 1. The minimum atomic E-state index is -4.53. The summed E-state index contributed by atoms with van der Waals surface area (Å²) < 4.78 is 40.1. The molecule has 0 spiro atoms. The van der Waals surface area contributed by atoms with E-state index in [4.69, 9.17) is 0 Å². The zero-order valence-electron chi connectivity index (χ0n) is 18.3. The van der Waals surface area contributed by atoms with Crippen LogP contribution in [0.15, 0.2) is 48.7 Å². The molecule has 2 amide bonds. The number of nitrogens with one attached hydrogen (secondary N) is 2. The van der Waals surface area contributed by atoms with Gasteiger partial charge in [0.15, 0.2) is 0 Å². The number of halogens is 3. The highest BCUT2D eigenvalue weighted by Gasteiger charge is 2.33. The highest BCUT2D eigenvalue weighted by atomic mass is 19.4. The number of carbonyl (C=O) groups is 1. The molecule has 0 atom stereocenters. The van der Waals surface area contributed by atoms with Crippen molar-refractivity contribution in [2.75, 3.05) is 31.5 Å². The molecule has 1 aliphatic heterocycles. The first-order valence-corrected chi connectivity index (χ1v) is 11.1. The van der Waals surface area contributed by atoms with Crippen LogP contribution in [0.2, 0.25) is 0 Å². The molecule has 33 heavy (non-hydrogen) atoms. The maximum absolute atomic E-state index is 13.4. The molecule has 174 valence electrons. The van der Waals surface area contributed by atoms with Crippen LogP contribution in [0.3, 0.4) is 0 Å². The number of anilines is 1. The van der Waals surface area contributed by atoms with Crippen molar-refractivity contribution in [3.8, 4) is 11.1 Å². The number of pyridine rings is 2. The summed E-state index contributed by atoms with van der Waals surface area (Å²) in [4.78, 5) is 22.3. The van der Waals surface area contributed by atoms with Gasteiger partial charge in [-0.05, 0) is 43.4 Å². The van der Waals surface area contributed by atoms with E-state index in [9.17, 15) is 18.0 Å². The summed E-state index contributed by atoms with van der Waals surface area (Å²) in [7, 11) is 0. The molecule has 1 fully saturated rings. The summed E-state index contributed by atoms with van der Waals surface area (Å²) >= 11 is 0. The number of fused-ring (bicyclic) bond motifs is 1. The van der Waals surface area contributed by atoms with Crippen molar-refractivity contribution in [2.45, 2.75) is 25.9 Å². The summed E-state index contributed by atoms with van der Waals surface area (Å²) in [6.45, 7) is 4.46. The van der Waals surface area contributed by atoms with Crippen molar-refractivity contribution < 1.29 is 18.0 Å². The number of hydrogen-bond donors (Lipinski definition) is 2. The van der Waals surface area contributed by atoms with Crippen LogP contribution in [0.1, 0.15) is 25.5 Å². The van der Waals surface area contributed by atoms with E-state index < -0.39 is 11.9 Å². The molecule has 3 aromatic rings. The van der Waals surface area contributed by atoms with Crippen LogP contribution < -0.4 is 10.6 Å². The molecule has 1 saturated heterocycles. The number of amides is 2. The van der Waals surface area contributed by atoms with Crippen LogP contribution in [0.5, 0.6) is 0 Å². The van der Waals surface area contributed by atoms with Gasteiger partial charge in [-0.2, -0.15) is 13.2 Å². The highest BCUT2D eigenvalue weighted by Crippen LogP contribution is 2.35. The van der Waals surface area contributed by atoms with E-state index in [1.807, 2.05) is 42.2 Å². The maximum Gasteiger partial charge on any atom is 0.433 e. The third-order valence-corrected chi connectivity index (χ3v) is 5.89. The smallest absolute Gasteiger partial charge is 0.369 e. The molecule has 6 nitrogen and oxygen atoms in total. The minimum absolute atomic E-state index is 0.0420. The maximum atomic E-state index is 13.4. The van der Waals surface area contributed by atoms with Crippen LogP contribution in [-0.4, -0.2) is 47.1 Å². The van der Waals surface area contributed by atoms with E-state index in [-0.39, 0.29) is 11.5 Å². The molecule has 1 aliphatic rings. The van der Waals surface area contributed by atoms with Gasteiger partial charge in [0.2, 0.25) is 0 Å². The topological polar surface area (TPSA) is 70.2 Å². The second-order valence-corrected chi connectivity index (χ2v) is 8.12. The van der Waals surface area contributed by atoms with Crippen molar-refractivity contribution in [1.82, 2.24) is 20.2 Å². The summed E-state index contributed by atoms with van der Waals surface area (Å²) in [5.74, 6) is 0.848. The lowest BCUT2D eigenvalue weighted by Gasteiger charge is -2.32. The van der Waals surface area contributed by atoms with E-state index >= 15 is 0 Å². The molecule has 0 unspecified atom stereocenters.